The molecule has 0 aromatic carbocycles. The van der Waals surface area contributed by atoms with Gasteiger partial charge in [0.15, 0.2) is 0 Å². The summed E-state index contributed by atoms with van der Waals surface area (Å²) in [4.78, 5) is 38.8. The van der Waals surface area contributed by atoms with Gasteiger partial charge in [-0.3, -0.25) is 19.8 Å². The number of nitrogens with one attached hydrogen (secondary N) is 1. The highest BCUT2D eigenvalue weighted by molar-refractivity contribution is 6.18. The van der Waals surface area contributed by atoms with Crippen LogP contribution in [0.1, 0.15) is 40.5 Å². The Morgan fingerprint density at radius 2 is 1.80 bits per heavy atom. The molecule has 20 heavy (non-hydrogen) atoms. The van der Waals surface area contributed by atoms with E-state index in [1.165, 1.54) is 13.8 Å². The molecule has 0 aromatic heterocycles. The van der Waals surface area contributed by atoms with Crippen LogP contribution in [0.3, 0.4) is 0 Å². The van der Waals surface area contributed by atoms with Crippen LogP contribution in [0.5, 0.6) is 0 Å². The van der Waals surface area contributed by atoms with Crippen LogP contribution >= 0.6 is 0 Å². The SMILES string of the molecule is CC(C)N(C)CCCCN1C(=O)NC(=O)C(C)(C)C1=O. The van der Waals surface area contributed by atoms with Crippen LogP contribution in [0.15, 0.2) is 0 Å². The van der Waals surface area contributed by atoms with Crippen molar-refractivity contribution in [2.45, 2.75) is 46.6 Å². The Morgan fingerprint density at radius 1 is 1.20 bits per heavy atom. The smallest absolute Gasteiger partial charge is 0.304 e. The largest absolute Gasteiger partial charge is 0.330 e. The minimum absolute atomic E-state index is 0.354. The van der Waals surface area contributed by atoms with E-state index in [1.54, 1.807) is 0 Å². The second-order valence-corrected chi connectivity index (χ2v) is 6.12. The lowest BCUT2D eigenvalue weighted by atomic mass is 9.89. The Morgan fingerprint density at radius 3 is 2.35 bits per heavy atom. The molecule has 1 fully saturated rings. The topological polar surface area (TPSA) is 69.7 Å². The van der Waals surface area contributed by atoms with Gasteiger partial charge >= 0.3 is 6.03 Å². The molecule has 1 N–H and O–H groups in total. The summed E-state index contributed by atoms with van der Waals surface area (Å²) in [5.41, 5.74) is -1.16. The third kappa shape index (κ3) is 3.56. The number of nitrogens with zero attached hydrogens (tertiary/aromatic N) is 2. The molecule has 1 saturated heterocycles. The van der Waals surface area contributed by atoms with Gasteiger partial charge in [0.1, 0.15) is 5.41 Å². The average molecular weight is 283 g/mol. The van der Waals surface area contributed by atoms with Gasteiger partial charge in [0.2, 0.25) is 11.8 Å². The first-order valence-electron chi connectivity index (χ1n) is 7.05. The number of hydrogen-bond donors (Lipinski definition) is 1. The van der Waals surface area contributed by atoms with E-state index < -0.39 is 23.3 Å². The number of rotatable bonds is 6. The summed E-state index contributed by atoms with van der Waals surface area (Å²) >= 11 is 0. The second-order valence-electron chi connectivity index (χ2n) is 6.12. The van der Waals surface area contributed by atoms with Crippen molar-refractivity contribution >= 4 is 17.8 Å². The van der Waals surface area contributed by atoms with Crippen molar-refractivity contribution < 1.29 is 14.4 Å². The summed E-state index contributed by atoms with van der Waals surface area (Å²) in [6.07, 6.45) is 1.64. The van der Waals surface area contributed by atoms with Crippen molar-refractivity contribution in [1.29, 1.82) is 0 Å². The molecule has 4 amide bonds. The highest BCUT2D eigenvalue weighted by atomic mass is 16.2. The summed E-state index contributed by atoms with van der Waals surface area (Å²) in [6, 6.07) is -0.122. The quantitative estimate of drug-likeness (QED) is 0.587. The van der Waals surface area contributed by atoms with Crippen molar-refractivity contribution in [2.24, 2.45) is 5.41 Å². The van der Waals surface area contributed by atoms with Crippen molar-refractivity contribution in [1.82, 2.24) is 15.1 Å². The number of hydrogen-bond acceptors (Lipinski definition) is 4. The lowest BCUT2D eigenvalue weighted by Gasteiger charge is -2.34. The Kier molecular flexibility index (Phi) is 5.28. The molecular formula is C14H25N3O3. The fourth-order valence-electron chi connectivity index (χ4n) is 1.94. The summed E-state index contributed by atoms with van der Waals surface area (Å²) in [7, 11) is 2.05. The molecule has 0 bridgehead atoms. The van der Waals surface area contributed by atoms with Crippen molar-refractivity contribution in [3.63, 3.8) is 0 Å². The zero-order chi connectivity index (χ0) is 15.5. The molecule has 0 saturated carbocycles. The van der Waals surface area contributed by atoms with Crippen molar-refractivity contribution in [3.05, 3.63) is 0 Å². The lowest BCUT2D eigenvalue weighted by molar-refractivity contribution is -0.149. The van der Waals surface area contributed by atoms with Gasteiger partial charge in [-0.1, -0.05) is 0 Å². The van der Waals surface area contributed by atoms with Crippen LogP contribution < -0.4 is 5.32 Å². The Balaban J connectivity index is 2.49. The normalized spacial score (nSPS) is 18.9. The predicted octanol–water partition coefficient (Wildman–Crippen LogP) is 1.21. The van der Waals surface area contributed by atoms with Gasteiger partial charge in [-0.15, -0.1) is 0 Å². The van der Waals surface area contributed by atoms with Crippen LogP contribution in [0.4, 0.5) is 4.79 Å². The van der Waals surface area contributed by atoms with E-state index in [2.05, 4.69) is 24.1 Å². The molecule has 0 spiro atoms. The van der Waals surface area contributed by atoms with Crippen LogP contribution in [0.2, 0.25) is 0 Å². The van der Waals surface area contributed by atoms with E-state index in [0.29, 0.717) is 12.6 Å². The number of urea groups is 1. The maximum atomic E-state index is 12.1. The Labute approximate surface area is 120 Å². The molecular weight excluding hydrogens is 258 g/mol. The van der Waals surface area contributed by atoms with Gasteiger partial charge in [0.05, 0.1) is 0 Å². The van der Waals surface area contributed by atoms with Gasteiger partial charge in [-0.05, 0) is 54.1 Å². The molecule has 6 heteroatoms. The molecule has 0 aromatic rings. The minimum Gasteiger partial charge on any atom is -0.304 e. The summed E-state index contributed by atoms with van der Waals surface area (Å²) in [5.74, 6) is -0.938. The van der Waals surface area contributed by atoms with Crippen molar-refractivity contribution in [2.75, 3.05) is 20.1 Å². The number of imide groups is 2. The molecule has 114 valence electrons. The molecule has 1 aliphatic heterocycles. The van der Waals surface area contributed by atoms with Gasteiger partial charge in [0, 0.05) is 12.6 Å². The third-order valence-corrected chi connectivity index (χ3v) is 3.84. The first-order chi connectivity index (χ1) is 9.17. The van der Waals surface area contributed by atoms with Crippen LogP contribution in [-0.4, -0.2) is 53.8 Å². The van der Waals surface area contributed by atoms with Gasteiger partial charge in [0.25, 0.3) is 0 Å². The van der Waals surface area contributed by atoms with Crippen LogP contribution in [-0.2, 0) is 9.59 Å². The third-order valence-electron chi connectivity index (χ3n) is 3.84. The second kappa shape index (κ2) is 6.35. The number of unbranched alkanes of at least 4 members (excludes halogenated alkanes) is 1. The van der Waals surface area contributed by atoms with E-state index in [1.807, 2.05) is 7.05 Å². The zero-order valence-corrected chi connectivity index (χ0v) is 13.0. The molecule has 0 radical (unpaired) electrons. The van der Waals surface area contributed by atoms with Gasteiger partial charge in [-0.25, -0.2) is 4.79 Å². The summed E-state index contributed by atoms with van der Waals surface area (Å²) < 4.78 is 0. The molecule has 1 heterocycles. The fourth-order valence-corrected chi connectivity index (χ4v) is 1.94. The van der Waals surface area contributed by atoms with E-state index >= 15 is 0 Å². The Hall–Kier alpha value is -1.43. The standard InChI is InChI=1S/C14H25N3O3/c1-10(2)16(5)8-6-7-9-17-12(19)14(3,4)11(18)15-13(17)20/h10H,6-9H2,1-5H3,(H,15,18,20). The predicted molar refractivity (Wildman–Crippen MR) is 76.0 cm³/mol. The molecule has 1 rings (SSSR count). The number of barbiturate groups is 1. The monoisotopic (exact) mass is 283 g/mol. The van der Waals surface area contributed by atoms with E-state index in [0.717, 1.165) is 24.3 Å². The van der Waals surface area contributed by atoms with E-state index in [-0.39, 0.29) is 0 Å². The highest BCUT2D eigenvalue weighted by Gasteiger charge is 2.46. The first-order valence-corrected chi connectivity index (χ1v) is 7.05. The van der Waals surface area contributed by atoms with Gasteiger partial charge < -0.3 is 4.90 Å². The van der Waals surface area contributed by atoms with Crippen LogP contribution in [0.25, 0.3) is 0 Å². The maximum Gasteiger partial charge on any atom is 0.330 e. The Bertz CT molecular complexity index is 404. The average Bonchev–Trinajstić information content (AvgIpc) is 2.35. The molecule has 6 nitrogen and oxygen atoms in total. The van der Waals surface area contributed by atoms with Crippen LogP contribution in [0, 0.1) is 5.41 Å². The van der Waals surface area contributed by atoms with E-state index in [9.17, 15) is 14.4 Å². The molecule has 0 unspecified atom stereocenters. The van der Waals surface area contributed by atoms with Crippen molar-refractivity contribution in [3.8, 4) is 0 Å². The first kappa shape index (κ1) is 16.6. The highest BCUT2D eigenvalue weighted by Crippen LogP contribution is 2.23. The van der Waals surface area contributed by atoms with E-state index in [4.69, 9.17) is 0 Å². The fraction of sp³-hybridized carbons (Fsp3) is 0.786. The summed E-state index contributed by atoms with van der Waals surface area (Å²) in [5, 5.41) is 2.23. The number of carbonyl (C=O) groups is 3. The number of amides is 4. The minimum atomic E-state index is -1.16. The molecule has 0 aliphatic carbocycles. The molecule has 0 atom stereocenters. The molecule has 1 aliphatic rings. The summed E-state index contributed by atoms with van der Waals surface area (Å²) in [6.45, 7) is 8.59. The maximum absolute atomic E-state index is 12.1. The number of carbonyl (C=O) groups excluding carboxylic acids is 3. The zero-order valence-electron chi connectivity index (χ0n) is 13.0. The lowest BCUT2D eigenvalue weighted by Crippen LogP contribution is -2.61. The van der Waals surface area contributed by atoms with Gasteiger partial charge in [-0.2, -0.15) is 0 Å².